The van der Waals surface area contributed by atoms with E-state index in [1.165, 1.54) is 11.0 Å². The lowest BCUT2D eigenvalue weighted by Gasteiger charge is -2.36. The third-order valence-corrected chi connectivity index (χ3v) is 3.23. The van der Waals surface area contributed by atoms with Gasteiger partial charge in [-0.15, -0.1) is 6.58 Å². The van der Waals surface area contributed by atoms with Gasteiger partial charge in [-0.1, -0.05) is 6.08 Å². The van der Waals surface area contributed by atoms with Crippen molar-refractivity contribution in [3.05, 3.63) is 12.7 Å². The Labute approximate surface area is 118 Å². The monoisotopic (exact) mass is 286 g/mol. The Kier molecular flexibility index (Phi) is 5.97. The number of aliphatic hydroxyl groups is 1. The van der Waals surface area contributed by atoms with Crippen LogP contribution >= 0.6 is 0 Å². The number of urea groups is 1. The van der Waals surface area contributed by atoms with Crippen LogP contribution in [-0.4, -0.2) is 77.5 Å². The standard InChI is InChI=1S/C13H22N2O5/c1-3-6-15(9-11(16)17)12(18)14(2)10-13(19)4-7-20-8-5-13/h3,19H,1,4-10H2,2H3,(H,16,17). The van der Waals surface area contributed by atoms with Gasteiger partial charge in [-0.25, -0.2) is 4.79 Å². The summed E-state index contributed by atoms with van der Waals surface area (Å²) in [7, 11) is 1.55. The second-order valence-corrected chi connectivity index (χ2v) is 5.04. The lowest BCUT2D eigenvalue weighted by Crippen LogP contribution is -2.51. The first-order valence-corrected chi connectivity index (χ1v) is 6.51. The molecule has 0 atom stereocenters. The number of rotatable bonds is 6. The van der Waals surface area contributed by atoms with Gasteiger partial charge in [-0.2, -0.15) is 0 Å². The first-order valence-electron chi connectivity index (χ1n) is 6.51. The summed E-state index contributed by atoms with van der Waals surface area (Å²) in [5, 5.41) is 19.2. The van der Waals surface area contributed by atoms with Gasteiger partial charge >= 0.3 is 12.0 Å². The molecular formula is C13H22N2O5. The Balaban J connectivity index is 2.62. The molecule has 7 nitrogen and oxygen atoms in total. The summed E-state index contributed by atoms with van der Waals surface area (Å²) in [5.41, 5.74) is -0.967. The van der Waals surface area contributed by atoms with Crippen LogP contribution in [0.5, 0.6) is 0 Å². The molecule has 7 heteroatoms. The van der Waals surface area contributed by atoms with Crippen molar-refractivity contribution < 1.29 is 24.5 Å². The van der Waals surface area contributed by atoms with Crippen LogP contribution in [0.15, 0.2) is 12.7 Å². The van der Waals surface area contributed by atoms with Crippen LogP contribution in [-0.2, 0) is 9.53 Å². The molecule has 2 amide bonds. The lowest BCUT2D eigenvalue weighted by molar-refractivity contribution is -0.137. The molecule has 114 valence electrons. The average Bonchev–Trinajstić information content (AvgIpc) is 2.37. The first-order chi connectivity index (χ1) is 9.38. The van der Waals surface area contributed by atoms with Crippen LogP contribution in [0.4, 0.5) is 4.79 Å². The second-order valence-electron chi connectivity index (χ2n) is 5.04. The maximum atomic E-state index is 12.2. The van der Waals surface area contributed by atoms with Gasteiger partial charge in [0.25, 0.3) is 0 Å². The van der Waals surface area contributed by atoms with Crippen LogP contribution in [0.25, 0.3) is 0 Å². The minimum atomic E-state index is -1.08. The second kappa shape index (κ2) is 7.25. The molecular weight excluding hydrogens is 264 g/mol. The third-order valence-electron chi connectivity index (χ3n) is 3.23. The molecule has 1 heterocycles. The van der Waals surface area contributed by atoms with Crippen molar-refractivity contribution >= 4 is 12.0 Å². The van der Waals surface area contributed by atoms with E-state index in [0.29, 0.717) is 26.1 Å². The van der Waals surface area contributed by atoms with E-state index in [-0.39, 0.29) is 13.1 Å². The van der Waals surface area contributed by atoms with E-state index in [9.17, 15) is 14.7 Å². The van der Waals surface area contributed by atoms with E-state index in [0.717, 1.165) is 4.90 Å². The summed E-state index contributed by atoms with van der Waals surface area (Å²) in [6.07, 6.45) is 2.40. The zero-order valence-electron chi connectivity index (χ0n) is 11.7. The number of carboxylic acids is 1. The molecule has 1 aliphatic heterocycles. The van der Waals surface area contributed by atoms with Gasteiger partial charge in [-0.3, -0.25) is 4.79 Å². The number of likely N-dealkylation sites (N-methyl/N-ethyl adjacent to an activating group) is 1. The Morgan fingerprint density at radius 2 is 2.00 bits per heavy atom. The van der Waals surface area contributed by atoms with Gasteiger partial charge in [0.15, 0.2) is 0 Å². The smallest absolute Gasteiger partial charge is 0.323 e. The minimum absolute atomic E-state index is 0.150. The highest BCUT2D eigenvalue weighted by Crippen LogP contribution is 2.21. The van der Waals surface area contributed by atoms with Crippen LogP contribution in [0.2, 0.25) is 0 Å². The van der Waals surface area contributed by atoms with Gasteiger partial charge < -0.3 is 24.7 Å². The number of carbonyl (C=O) groups excluding carboxylic acids is 1. The molecule has 2 N–H and O–H groups in total. The van der Waals surface area contributed by atoms with Crippen molar-refractivity contribution in [2.24, 2.45) is 0 Å². The van der Waals surface area contributed by atoms with Crippen molar-refractivity contribution in [1.29, 1.82) is 0 Å². The Hall–Kier alpha value is -1.60. The molecule has 0 radical (unpaired) electrons. The quantitative estimate of drug-likeness (QED) is 0.678. The summed E-state index contributed by atoms with van der Waals surface area (Å²) >= 11 is 0. The van der Waals surface area contributed by atoms with E-state index >= 15 is 0 Å². The Morgan fingerprint density at radius 3 is 2.50 bits per heavy atom. The molecule has 0 saturated carbocycles. The largest absolute Gasteiger partial charge is 0.480 e. The highest BCUT2D eigenvalue weighted by molar-refractivity contribution is 5.80. The number of nitrogens with zero attached hydrogens (tertiary/aromatic N) is 2. The zero-order valence-corrected chi connectivity index (χ0v) is 11.7. The van der Waals surface area contributed by atoms with Crippen LogP contribution in [0.1, 0.15) is 12.8 Å². The lowest BCUT2D eigenvalue weighted by atomic mass is 9.94. The fraction of sp³-hybridized carbons (Fsp3) is 0.692. The SMILES string of the molecule is C=CCN(CC(=O)O)C(=O)N(C)CC1(O)CCOCC1. The normalized spacial score (nSPS) is 17.3. The molecule has 1 aliphatic rings. The summed E-state index contributed by atoms with van der Waals surface area (Å²) < 4.78 is 5.18. The van der Waals surface area contributed by atoms with Crippen molar-refractivity contribution in [3.8, 4) is 0 Å². The summed E-state index contributed by atoms with van der Waals surface area (Å²) in [6.45, 7) is 4.35. The molecule has 20 heavy (non-hydrogen) atoms. The number of hydrogen-bond donors (Lipinski definition) is 2. The molecule has 0 bridgehead atoms. The molecule has 0 aromatic carbocycles. The fourth-order valence-electron chi connectivity index (χ4n) is 2.19. The molecule has 0 spiro atoms. The highest BCUT2D eigenvalue weighted by atomic mass is 16.5. The number of ether oxygens (including phenoxy) is 1. The van der Waals surface area contributed by atoms with Gasteiger partial charge in [0, 0.05) is 39.6 Å². The Bertz CT molecular complexity index is 366. The summed E-state index contributed by atoms with van der Waals surface area (Å²) in [5.74, 6) is -1.08. The van der Waals surface area contributed by atoms with Crippen LogP contribution in [0, 0.1) is 0 Å². The van der Waals surface area contributed by atoms with E-state index in [4.69, 9.17) is 9.84 Å². The highest BCUT2D eigenvalue weighted by Gasteiger charge is 2.33. The van der Waals surface area contributed by atoms with Crippen molar-refractivity contribution in [2.75, 3.05) is 39.9 Å². The molecule has 1 fully saturated rings. The van der Waals surface area contributed by atoms with E-state index in [1.54, 1.807) is 7.05 Å². The maximum absolute atomic E-state index is 12.2. The average molecular weight is 286 g/mol. The van der Waals surface area contributed by atoms with E-state index in [1.807, 2.05) is 0 Å². The molecule has 0 unspecified atom stereocenters. The third kappa shape index (κ3) is 4.82. The first kappa shape index (κ1) is 16.5. The van der Waals surface area contributed by atoms with Crippen molar-refractivity contribution in [3.63, 3.8) is 0 Å². The van der Waals surface area contributed by atoms with Crippen LogP contribution < -0.4 is 0 Å². The van der Waals surface area contributed by atoms with Gasteiger partial charge in [0.05, 0.1) is 12.1 Å². The molecule has 1 rings (SSSR count). The van der Waals surface area contributed by atoms with Crippen LogP contribution in [0.3, 0.4) is 0 Å². The van der Waals surface area contributed by atoms with E-state index in [2.05, 4.69) is 6.58 Å². The minimum Gasteiger partial charge on any atom is -0.480 e. The zero-order chi connectivity index (χ0) is 15.2. The summed E-state index contributed by atoms with van der Waals surface area (Å²) in [4.78, 5) is 25.4. The van der Waals surface area contributed by atoms with Gasteiger partial charge in [0.1, 0.15) is 6.54 Å². The number of carbonyl (C=O) groups is 2. The molecule has 0 aromatic heterocycles. The van der Waals surface area contributed by atoms with Gasteiger partial charge in [0.2, 0.25) is 0 Å². The maximum Gasteiger partial charge on any atom is 0.323 e. The number of aliphatic carboxylic acids is 1. The molecule has 0 aliphatic carbocycles. The number of hydrogen-bond acceptors (Lipinski definition) is 4. The predicted octanol–water partition coefficient (Wildman–Crippen LogP) is 0.152. The number of carboxylic acid groups (broad SMARTS) is 1. The van der Waals surface area contributed by atoms with Crippen molar-refractivity contribution in [2.45, 2.75) is 18.4 Å². The van der Waals surface area contributed by atoms with E-state index < -0.39 is 24.1 Å². The fourth-order valence-corrected chi connectivity index (χ4v) is 2.19. The molecule has 0 aromatic rings. The van der Waals surface area contributed by atoms with Gasteiger partial charge in [-0.05, 0) is 0 Å². The number of amides is 2. The Morgan fingerprint density at radius 1 is 1.40 bits per heavy atom. The predicted molar refractivity (Wildman–Crippen MR) is 72.4 cm³/mol. The van der Waals surface area contributed by atoms with Crippen molar-refractivity contribution in [1.82, 2.24) is 9.80 Å². The topological polar surface area (TPSA) is 90.3 Å². The molecule has 1 saturated heterocycles. The summed E-state index contributed by atoms with van der Waals surface area (Å²) in [6, 6.07) is -0.438.